The first-order chi connectivity index (χ1) is 13.5. The Bertz CT molecular complexity index is 1100. The van der Waals surface area contributed by atoms with Crippen molar-refractivity contribution in [1.29, 1.82) is 0 Å². The fourth-order valence-corrected chi connectivity index (χ4v) is 3.72. The van der Waals surface area contributed by atoms with Crippen LogP contribution in [0.25, 0.3) is 0 Å². The molecule has 6 nitrogen and oxygen atoms in total. The summed E-state index contributed by atoms with van der Waals surface area (Å²) in [7, 11) is 0. The summed E-state index contributed by atoms with van der Waals surface area (Å²) in [6, 6.07) is 11.1. The van der Waals surface area contributed by atoms with Gasteiger partial charge in [0.1, 0.15) is 5.76 Å². The molecule has 2 amide bonds. The van der Waals surface area contributed by atoms with E-state index in [9.17, 15) is 9.59 Å². The lowest BCUT2D eigenvalue weighted by Gasteiger charge is -2.04. The second-order valence-corrected chi connectivity index (χ2v) is 7.88. The van der Waals surface area contributed by atoms with Gasteiger partial charge in [0.2, 0.25) is 0 Å². The third-order valence-electron chi connectivity index (χ3n) is 4.57. The number of aromatic nitrogens is 1. The molecule has 144 valence electrons. The van der Waals surface area contributed by atoms with E-state index in [1.807, 2.05) is 42.0 Å². The number of rotatable bonds is 5. The highest BCUT2D eigenvalue weighted by atomic mass is 32.1. The third-order valence-corrected chi connectivity index (χ3v) is 5.55. The Balaban J connectivity index is 1.56. The van der Waals surface area contributed by atoms with Gasteiger partial charge in [-0.1, -0.05) is 17.7 Å². The van der Waals surface area contributed by atoms with Crippen LogP contribution in [0.1, 0.15) is 50.8 Å². The van der Waals surface area contributed by atoms with Crippen molar-refractivity contribution in [3.05, 3.63) is 74.9 Å². The predicted molar refractivity (Wildman–Crippen MR) is 106 cm³/mol. The first-order valence-electron chi connectivity index (χ1n) is 9.20. The molecule has 7 heteroatoms. The van der Waals surface area contributed by atoms with Gasteiger partial charge >= 0.3 is 0 Å². The summed E-state index contributed by atoms with van der Waals surface area (Å²) in [4.78, 5) is 29.5. The number of thiazole rings is 1. The van der Waals surface area contributed by atoms with Crippen molar-refractivity contribution in [2.24, 2.45) is 4.99 Å². The van der Waals surface area contributed by atoms with E-state index in [-0.39, 0.29) is 17.9 Å². The van der Waals surface area contributed by atoms with Crippen molar-refractivity contribution in [2.75, 3.05) is 0 Å². The summed E-state index contributed by atoms with van der Waals surface area (Å²) in [6.07, 6.45) is 2.06. The number of nitrogens with zero attached hydrogens (tertiary/aromatic N) is 2. The van der Waals surface area contributed by atoms with Crippen LogP contribution in [0.3, 0.4) is 0 Å². The first kappa shape index (κ1) is 18.4. The maximum Gasteiger partial charge on any atom is 0.287 e. The van der Waals surface area contributed by atoms with Crippen molar-refractivity contribution >= 4 is 23.2 Å². The van der Waals surface area contributed by atoms with Gasteiger partial charge in [-0.15, -0.1) is 11.3 Å². The van der Waals surface area contributed by atoms with Gasteiger partial charge in [0.05, 0.1) is 6.54 Å². The largest absolute Gasteiger partial charge is 0.454 e. The predicted octanol–water partition coefficient (Wildman–Crippen LogP) is 3.44. The zero-order valence-electron chi connectivity index (χ0n) is 15.8. The molecule has 3 aromatic rings. The number of amides is 2. The minimum atomic E-state index is -0.275. The van der Waals surface area contributed by atoms with Crippen LogP contribution < -0.4 is 10.1 Å². The molecule has 2 aromatic heterocycles. The summed E-state index contributed by atoms with van der Waals surface area (Å²) >= 11 is 1.41. The number of hydrogen-bond acceptors (Lipinski definition) is 4. The third kappa shape index (κ3) is 4.14. The van der Waals surface area contributed by atoms with Gasteiger partial charge in [-0.25, -0.2) is 0 Å². The molecule has 1 aromatic carbocycles. The number of carbonyl (C=O) groups excluding carboxylic acids is 2. The Labute approximate surface area is 166 Å². The molecule has 1 saturated carbocycles. The molecule has 1 aliphatic rings. The molecule has 0 atom stereocenters. The SMILES string of the molecule is Cc1cccc(C(=O)N=c2scc(C)n2Cc2ccc(C(=O)NC3CC3)o2)c1. The fourth-order valence-electron chi connectivity index (χ4n) is 2.85. The van der Waals surface area contributed by atoms with Crippen LogP contribution in [0.4, 0.5) is 0 Å². The maximum absolute atomic E-state index is 12.5. The number of furan rings is 1. The van der Waals surface area contributed by atoms with Crippen LogP contribution in [0.15, 0.2) is 51.2 Å². The minimum Gasteiger partial charge on any atom is -0.454 e. The highest BCUT2D eigenvalue weighted by Crippen LogP contribution is 2.20. The van der Waals surface area contributed by atoms with Gasteiger partial charge < -0.3 is 14.3 Å². The van der Waals surface area contributed by atoms with Gasteiger partial charge in [0.25, 0.3) is 11.8 Å². The summed E-state index contributed by atoms with van der Waals surface area (Å²) in [6.45, 7) is 4.31. The summed E-state index contributed by atoms with van der Waals surface area (Å²) in [5.74, 6) is 0.500. The van der Waals surface area contributed by atoms with Gasteiger partial charge in [-0.2, -0.15) is 4.99 Å². The van der Waals surface area contributed by atoms with Crippen molar-refractivity contribution in [3.8, 4) is 0 Å². The molecule has 0 unspecified atom stereocenters. The van der Waals surface area contributed by atoms with Crippen LogP contribution in [0.5, 0.6) is 0 Å². The first-order valence-corrected chi connectivity index (χ1v) is 10.1. The topological polar surface area (TPSA) is 76.6 Å². The number of aryl methyl sites for hydroxylation is 2. The zero-order valence-corrected chi connectivity index (χ0v) is 16.6. The van der Waals surface area contributed by atoms with Gasteiger partial charge in [-0.05, 0) is 51.0 Å². The quantitative estimate of drug-likeness (QED) is 0.719. The van der Waals surface area contributed by atoms with E-state index in [1.165, 1.54) is 11.3 Å². The van der Waals surface area contributed by atoms with Crippen LogP contribution in [0, 0.1) is 13.8 Å². The second-order valence-electron chi connectivity index (χ2n) is 7.05. The van der Waals surface area contributed by atoms with E-state index >= 15 is 0 Å². The van der Waals surface area contributed by atoms with E-state index < -0.39 is 0 Å². The van der Waals surface area contributed by atoms with Crippen molar-refractivity contribution < 1.29 is 14.0 Å². The minimum absolute atomic E-state index is 0.180. The Hall–Kier alpha value is -2.93. The molecule has 0 bridgehead atoms. The molecule has 1 N–H and O–H groups in total. The molecular formula is C21H21N3O3S. The molecular weight excluding hydrogens is 374 g/mol. The Morgan fingerprint density at radius 3 is 2.82 bits per heavy atom. The van der Waals surface area contributed by atoms with E-state index in [0.29, 0.717) is 28.4 Å². The Morgan fingerprint density at radius 1 is 1.25 bits per heavy atom. The monoisotopic (exact) mass is 395 g/mol. The molecule has 4 rings (SSSR count). The van der Waals surface area contributed by atoms with Crippen molar-refractivity contribution in [1.82, 2.24) is 9.88 Å². The van der Waals surface area contributed by atoms with E-state index in [0.717, 1.165) is 24.1 Å². The standard InChI is InChI=1S/C21H21N3O3S/c1-13-4-3-5-15(10-13)19(25)23-21-24(14(2)12-28-21)11-17-8-9-18(27-17)20(26)22-16-6-7-16/h3-5,8-10,12,16H,6-7,11H2,1-2H3,(H,22,26). The molecule has 2 heterocycles. The molecule has 0 aliphatic heterocycles. The molecule has 0 spiro atoms. The van der Waals surface area contributed by atoms with Gasteiger partial charge in [-0.3, -0.25) is 9.59 Å². The molecule has 0 saturated heterocycles. The molecule has 1 fully saturated rings. The van der Waals surface area contributed by atoms with Crippen LogP contribution in [-0.2, 0) is 6.54 Å². The lowest BCUT2D eigenvalue weighted by molar-refractivity contribution is 0.0920. The average Bonchev–Trinajstić information content (AvgIpc) is 3.25. The van der Waals surface area contributed by atoms with Gasteiger partial charge in [0, 0.05) is 22.7 Å². The van der Waals surface area contributed by atoms with Crippen LogP contribution in [-0.4, -0.2) is 22.4 Å². The highest BCUT2D eigenvalue weighted by Gasteiger charge is 2.25. The molecule has 1 aliphatic carbocycles. The lowest BCUT2D eigenvalue weighted by Crippen LogP contribution is -2.24. The average molecular weight is 395 g/mol. The van der Waals surface area contributed by atoms with Crippen molar-refractivity contribution in [2.45, 2.75) is 39.3 Å². The second kappa shape index (κ2) is 7.59. The summed E-state index contributed by atoms with van der Waals surface area (Å²) in [5, 5.41) is 4.86. The number of benzene rings is 1. The van der Waals surface area contributed by atoms with E-state index in [2.05, 4.69) is 10.3 Å². The smallest absolute Gasteiger partial charge is 0.287 e. The maximum atomic E-state index is 12.5. The molecule has 0 radical (unpaired) electrons. The normalized spacial score (nSPS) is 14.3. The molecule has 28 heavy (non-hydrogen) atoms. The number of hydrogen-bond donors (Lipinski definition) is 1. The van der Waals surface area contributed by atoms with Crippen LogP contribution in [0.2, 0.25) is 0 Å². The zero-order chi connectivity index (χ0) is 19.7. The Kier molecular flexibility index (Phi) is 5.00. The van der Waals surface area contributed by atoms with Crippen LogP contribution >= 0.6 is 11.3 Å². The Morgan fingerprint density at radius 2 is 2.07 bits per heavy atom. The number of carbonyl (C=O) groups is 2. The van der Waals surface area contributed by atoms with E-state index in [1.54, 1.807) is 18.2 Å². The van der Waals surface area contributed by atoms with Crippen molar-refractivity contribution in [3.63, 3.8) is 0 Å². The summed E-state index contributed by atoms with van der Waals surface area (Å²) < 4.78 is 7.62. The van der Waals surface area contributed by atoms with E-state index in [4.69, 9.17) is 4.42 Å². The fraction of sp³-hybridized carbons (Fsp3) is 0.286. The number of nitrogens with one attached hydrogen (secondary N) is 1. The lowest BCUT2D eigenvalue weighted by atomic mass is 10.1. The summed E-state index contributed by atoms with van der Waals surface area (Å²) in [5.41, 5.74) is 2.56. The highest BCUT2D eigenvalue weighted by molar-refractivity contribution is 7.07. The van der Waals surface area contributed by atoms with Gasteiger partial charge in [0.15, 0.2) is 10.6 Å².